The van der Waals surface area contributed by atoms with Crippen molar-refractivity contribution in [1.82, 2.24) is 9.47 Å². The van der Waals surface area contributed by atoms with Gasteiger partial charge in [-0.2, -0.15) is 13.2 Å². The van der Waals surface area contributed by atoms with Gasteiger partial charge >= 0.3 is 17.4 Å². The third-order valence-corrected chi connectivity index (χ3v) is 7.40. The number of carbonyl (C=O) groups is 1. The molecule has 12 heteroatoms. The smallest absolute Gasteiger partial charge is 0.362 e. The molecule has 204 valence electrons. The highest BCUT2D eigenvalue weighted by Gasteiger charge is 2.33. The van der Waals surface area contributed by atoms with Crippen LogP contribution in [0.1, 0.15) is 28.2 Å². The van der Waals surface area contributed by atoms with Gasteiger partial charge in [0.25, 0.3) is 5.91 Å². The first kappa shape index (κ1) is 27.8. The second-order valence-corrected chi connectivity index (χ2v) is 9.76. The van der Waals surface area contributed by atoms with Crippen molar-refractivity contribution < 1.29 is 22.9 Å². The van der Waals surface area contributed by atoms with Gasteiger partial charge in [0, 0.05) is 31.6 Å². The van der Waals surface area contributed by atoms with E-state index < -0.39 is 27.9 Å². The number of nitrogens with zero attached hydrogens (tertiary/aromatic N) is 4. The molecule has 8 nitrogen and oxygen atoms in total. The van der Waals surface area contributed by atoms with Crippen LogP contribution in [0.4, 0.5) is 24.5 Å². The lowest BCUT2D eigenvalue weighted by Gasteiger charge is -2.36. The van der Waals surface area contributed by atoms with Gasteiger partial charge in [0.05, 0.1) is 27.4 Å². The van der Waals surface area contributed by atoms with Crippen LogP contribution in [0.2, 0.25) is 0 Å². The summed E-state index contributed by atoms with van der Waals surface area (Å²) in [7, 11) is 0. The molecule has 2 aromatic carbocycles. The van der Waals surface area contributed by atoms with Gasteiger partial charge in [-0.3, -0.25) is 24.3 Å². The predicted molar refractivity (Wildman–Crippen MR) is 145 cm³/mol. The molecule has 1 aliphatic rings. The Morgan fingerprint density at radius 1 is 0.974 bits per heavy atom. The van der Waals surface area contributed by atoms with Gasteiger partial charge in [0.15, 0.2) is 0 Å². The molecule has 0 atom stereocenters. The number of rotatable bonds is 5. The molecule has 39 heavy (non-hydrogen) atoms. The number of anilines is 1. The summed E-state index contributed by atoms with van der Waals surface area (Å²) >= 11 is 1.34. The number of thiophene rings is 1. The van der Waals surface area contributed by atoms with E-state index in [9.17, 15) is 32.9 Å². The van der Waals surface area contributed by atoms with Gasteiger partial charge in [-0.05, 0) is 35.2 Å². The van der Waals surface area contributed by atoms with Crippen molar-refractivity contribution in [2.24, 2.45) is 0 Å². The molecule has 3 heterocycles. The third-order valence-electron chi connectivity index (χ3n) is 6.54. The fourth-order valence-corrected chi connectivity index (χ4v) is 5.38. The van der Waals surface area contributed by atoms with Gasteiger partial charge in [0.2, 0.25) is 0 Å². The molecule has 5 rings (SSSR count). The van der Waals surface area contributed by atoms with Crippen LogP contribution in [-0.2, 0) is 12.7 Å². The van der Waals surface area contributed by atoms with Gasteiger partial charge in [-0.1, -0.05) is 43.8 Å². The fourth-order valence-electron chi connectivity index (χ4n) is 4.69. The van der Waals surface area contributed by atoms with E-state index in [4.69, 9.17) is 0 Å². The number of nitro groups is 1. The van der Waals surface area contributed by atoms with E-state index in [1.54, 1.807) is 46.2 Å². The highest BCUT2D eigenvalue weighted by Crippen LogP contribution is 2.35. The molecule has 0 spiro atoms. The zero-order chi connectivity index (χ0) is 27.0. The Bertz CT molecular complexity index is 1560. The van der Waals surface area contributed by atoms with Crippen molar-refractivity contribution >= 4 is 39.5 Å². The number of pyridine rings is 1. The minimum Gasteiger partial charge on any atom is -0.362 e. The number of fused-ring (bicyclic) bond motifs is 1. The first-order chi connectivity index (χ1) is 18.1. The molecule has 1 aliphatic heterocycles. The lowest BCUT2D eigenvalue weighted by molar-refractivity contribution is -0.385. The summed E-state index contributed by atoms with van der Waals surface area (Å²) in [6.07, 6.45) is -4.50. The van der Waals surface area contributed by atoms with Crippen LogP contribution in [0.5, 0.6) is 0 Å². The molecule has 0 radical (unpaired) electrons. The molecular formula is C27H25F3N4O4S. The van der Waals surface area contributed by atoms with Crippen molar-refractivity contribution in [3.63, 3.8) is 0 Å². The largest absolute Gasteiger partial charge is 0.416 e. The van der Waals surface area contributed by atoms with Crippen LogP contribution >= 0.6 is 11.3 Å². The number of aromatic nitrogens is 1. The number of carbonyl (C=O) groups excluding carboxylic acids is 1. The van der Waals surface area contributed by atoms with Crippen LogP contribution in [-0.4, -0.2) is 46.5 Å². The number of benzene rings is 2. The summed E-state index contributed by atoms with van der Waals surface area (Å²) in [6, 6.07) is 14.6. The summed E-state index contributed by atoms with van der Waals surface area (Å²) in [5.41, 5.74) is -1.27. The summed E-state index contributed by atoms with van der Waals surface area (Å²) in [6.45, 7) is 1.12. The Morgan fingerprint density at radius 3 is 2.23 bits per heavy atom. The SMILES string of the molecule is C.O=C(c1cccs1)N1CCN(c2c([N+](=O)[O-])c(=O)n(Cc3ccc(C(F)(F)F)cc3)c3ccccc23)CC1. The maximum atomic E-state index is 13.5. The normalized spacial score (nSPS) is 13.8. The molecular weight excluding hydrogens is 533 g/mol. The van der Waals surface area contributed by atoms with E-state index in [2.05, 4.69) is 0 Å². The molecule has 1 amide bonds. The predicted octanol–water partition coefficient (Wildman–Crippen LogP) is 5.64. The van der Waals surface area contributed by atoms with Crippen molar-refractivity contribution in [2.45, 2.75) is 20.1 Å². The standard InChI is InChI=1S/C26H21F3N4O4S.CH4/c27-26(28,29)18-9-7-17(8-10-18)16-32-20-5-2-1-4-19(20)22(23(25(32)35)33(36)37)30-11-13-31(14-12-30)24(34)21-6-3-15-38-21;/h1-10,15H,11-14,16H2;1H4. The van der Waals surface area contributed by atoms with Crippen LogP contribution < -0.4 is 10.5 Å². The molecule has 0 bridgehead atoms. The lowest BCUT2D eigenvalue weighted by atomic mass is 10.1. The maximum absolute atomic E-state index is 13.5. The van der Waals surface area contributed by atoms with Crippen molar-refractivity contribution in [2.75, 3.05) is 31.1 Å². The summed E-state index contributed by atoms with van der Waals surface area (Å²) < 4.78 is 40.1. The molecule has 1 saturated heterocycles. The van der Waals surface area contributed by atoms with Gasteiger partial charge in [-0.15, -0.1) is 11.3 Å². The Balaban J connectivity index is 0.00000353. The fraction of sp³-hybridized carbons (Fsp3) is 0.259. The molecule has 4 aromatic rings. The number of piperazine rings is 1. The Hall–Kier alpha value is -4.19. The monoisotopic (exact) mass is 558 g/mol. The zero-order valence-electron chi connectivity index (χ0n) is 19.9. The van der Waals surface area contributed by atoms with E-state index in [1.165, 1.54) is 28.0 Å². The topological polar surface area (TPSA) is 88.7 Å². The quantitative estimate of drug-likeness (QED) is 0.234. The Kier molecular flexibility index (Phi) is 7.77. The van der Waals surface area contributed by atoms with E-state index in [0.29, 0.717) is 47.5 Å². The second-order valence-electron chi connectivity index (χ2n) is 8.81. The molecule has 0 N–H and O–H groups in total. The zero-order valence-corrected chi connectivity index (χ0v) is 20.7. The van der Waals surface area contributed by atoms with Gasteiger partial charge in [-0.25, -0.2) is 0 Å². The molecule has 0 unspecified atom stereocenters. The maximum Gasteiger partial charge on any atom is 0.416 e. The minimum atomic E-state index is -4.50. The van der Waals surface area contributed by atoms with E-state index in [1.807, 2.05) is 5.38 Å². The van der Waals surface area contributed by atoms with Crippen LogP contribution in [0.25, 0.3) is 10.9 Å². The number of hydrogen-bond acceptors (Lipinski definition) is 6. The number of hydrogen-bond donors (Lipinski definition) is 0. The van der Waals surface area contributed by atoms with Crippen LogP contribution in [0.3, 0.4) is 0 Å². The molecule has 0 saturated carbocycles. The highest BCUT2D eigenvalue weighted by atomic mass is 32.1. The minimum absolute atomic E-state index is 0. The van der Waals surface area contributed by atoms with Gasteiger partial charge < -0.3 is 9.80 Å². The van der Waals surface area contributed by atoms with Gasteiger partial charge in [0.1, 0.15) is 5.69 Å². The van der Waals surface area contributed by atoms with E-state index >= 15 is 0 Å². The number of amides is 1. The Labute approximate surface area is 225 Å². The average molecular weight is 559 g/mol. The summed E-state index contributed by atoms with van der Waals surface area (Å²) in [4.78, 5) is 41.8. The average Bonchev–Trinajstić information content (AvgIpc) is 3.44. The van der Waals surface area contributed by atoms with E-state index in [-0.39, 0.29) is 25.6 Å². The van der Waals surface area contributed by atoms with Crippen molar-refractivity contribution in [1.29, 1.82) is 0 Å². The number of halogens is 3. The first-order valence-corrected chi connectivity index (χ1v) is 12.6. The first-order valence-electron chi connectivity index (χ1n) is 11.7. The molecule has 1 fully saturated rings. The highest BCUT2D eigenvalue weighted by molar-refractivity contribution is 7.12. The summed E-state index contributed by atoms with van der Waals surface area (Å²) in [5.74, 6) is -0.106. The third kappa shape index (κ3) is 5.37. The van der Waals surface area contributed by atoms with Crippen molar-refractivity contribution in [3.05, 3.63) is 103 Å². The lowest BCUT2D eigenvalue weighted by Crippen LogP contribution is -2.49. The second kappa shape index (κ2) is 10.9. The Morgan fingerprint density at radius 2 is 1.64 bits per heavy atom. The van der Waals surface area contributed by atoms with Crippen LogP contribution in [0, 0.1) is 10.1 Å². The molecule has 2 aromatic heterocycles. The van der Waals surface area contributed by atoms with Crippen LogP contribution in [0.15, 0.2) is 70.8 Å². The van der Waals surface area contributed by atoms with Crippen molar-refractivity contribution in [3.8, 4) is 0 Å². The van der Waals surface area contributed by atoms with E-state index in [0.717, 1.165) is 12.1 Å². The molecule has 0 aliphatic carbocycles. The number of alkyl halides is 3. The summed E-state index contributed by atoms with van der Waals surface area (Å²) in [5, 5.41) is 14.5. The number of para-hydroxylation sites is 1.